The molecule has 1 unspecified atom stereocenters. The smallest absolute Gasteiger partial charge is 0.123 e. The summed E-state index contributed by atoms with van der Waals surface area (Å²) in [5.41, 5.74) is 0.690. The molecule has 1 aliphatic heterocycles. The lowest BCUT2D eigenvalue weighted by Crippen LogP contribution is -2.42. The van der Waals surface area contributed by atoms with Gasteiger partial charge in [0.2, 0.25) is 0 Å². The van der Waals surface area contributed by atoms with Crippen molar-refractivity contribution in [3.8, 4) is 0 Å². The first-order valence-corrected chi connectivity index (χ1v) is 6.46. The lowest BCUT2D eigenvalue weighted by Gasteiger charge is -2.27. The van der Waals surface area contributed by atoms with Crippen LogP contribution in [0.2, 0.25) is 0 Å². The summed E-state index contributed by atoms with van der Waals surface area (Å²) in [6.07, 6.45) is 0.968. The van der Waals surface area contributed by atoms with Gasteiger partial charge in [-0.1, -0.05) is 12.1 Å². The molecule has 2 nitrogen and oxygen atoms in total. The number of rotatable bonds is 3. The number of hydrogen-bond acceptors (Lipinski definition) is 2. The van der Waals surface area contributed by atoms with Crippen molar-refractivity contribution in [2.45, 2.75) is 57.9 Å². The largest absolute Gasteiger partial charge is 0.368 e. The molecule has 0 spiro atoms. The molecule has 1 saturated heterocycles. The van der Waals surface area contributed by atoms with E-state index in [0.29, 0.717) is 6.54 Å². The van der Waals surface area contributed by atoms with E-state index in [0.717, 1.165) is 12.0 Å². The molecule has 0 aliphatic carbocycles. The summed E-state index contributed by atoms with van der Waals surface area (Å²) in [6.45, 7) is 9.10. The van der Waals surface area contributed by atoms with Crippen molar-refractivity contribution < 1.29 is 9.13 Å². The van der Waals surface area contributed by atoms with Gasteiger partial charge in [0.25, 0.3) is 0 Å². The third-order valence-corrected chi connectivity index (χ3v) is 3.52. The summed E-state index contributed by atoms with van der Waals surface area (Å²) in [4.78, 5) is 0. The van der Waals surface area contributed by atoms with E-state index in [1.165, 1.54) is 6.07 Å². The van der Waals surface area contributed by atoms with Crippen LogP contribution in [0.5, 0.6) is 0 Å². The predicted molar refractivity (Wildman–Crippen MR) is 70.9 cm³/mol. The monoisotopic (exact) mass is 251 g/mol. The first-order chi connectivity index (χ1) is 8.28. The zero-order chi connectivity index (χ0) is 13.4. The quantitative estimate of drug-likeness (QED) is 0.890. The molecule has 1 fully saturated rings. The number of ether oxygens (including phenoxy) is 1. The fraction of sp³-hybridized carbons (Fsp3) is 0.600. The summed E-state index contributed by atoms with van der Waals surface area (Å²) < 4.78 is 19.1. The van der Waals surface area contributed by atoms with Crippen molar-refractivity contribution in [3.63, 3.8) is 0 Å². The SMILES string of the molecule is CC1(C)CC(NCc2cccc(F)c2)C(C)(C)O1. The minimum absolute atomic E-state index is 0.0941. The maximum atomic E-state index is 13.1. The summed E-state index contributed by atoms with van der Waals surface area (Å²) in [7, 11) is 0. The molecule has 1 heterocycles. The Bertz CT molecular complexity index is 428. The molecule has 2 rings (SSSR count). The van der Waals surface area contributed by atoms with Crippen LogP contribution in [0.15, 0.2) is 24.3 Å². The van der Waals surface area contributed by atoms with Gasteiger partial charge in [0, 0.05) is 12.6 Å². The molecule has 3 heteroatoms. The summed E-state index contributed by atoms with van der Waals surface area (Å²) >= 11 is 0. The second-order valence-corrected chi connectivity index (χ2v) is 6.23. The highest BCUT2D eigenvalue weighted by molar-refractivity contribution is 5.16. The van der Waals surface area contributed by atoms with Crippen molar-refractivity contribution >= 4 is 0 Å². The highest BCUT2D eigenvalue weighted by Crippen LogP contribution is 2.37. The minimum Gasteiger partial charge on any atom is -0.368 e. The van der Waals surface area contributed by atoms with E-state index in [1.807, 2.05) is 6.07 Å². The molecule has 100 valence electrons. The van der Waals surface area contributed by atoms with Gasteiger partial charge in [0.15, 0.2) is 0 Å². The topological polar surface area (TPSA) is 21.3 Å². The van der Waals surface area contributed by atoms with Gasteiger partial charge in [-0.2, -0.15) is 0 Å². The Hall–Kier alpha value is -0.930. The molecule has 1 atom stereocenters. The second kappa shape index (κ2) is 4.63. The Morgan fingerprint density at radius 2 is 2.06 bits per heavy atom. The Labute approximate surface area is 109 Å². The maximum Gasteiger partial charge on any atom is 0.123 e. The lowest BCUT2D eigenvalue weighted by atomic mass is 9.94. The van der Waals surface area contributed by atoms with Crippen molar-refractivity contribution in [1.29, 1.82) is 0 Å². The lowest BCUT2D eigenvalue weighted by molar-refractivity contribution is -0.0699. The molecule has 1 N–H and O–H groups in total. The molecule has 0 radical (unpaired) electrons. The van der Waals surface area contributed by atoms with Crippen LogP contribution in [-0.2, 0) is 11.3 Å². The van der Waals surface area contributed by atoms with Crippen LogP contribution < -0.4 is 5.32 Å². The zero-order valence-corrected chi connectivity index (χ0v) is 11.6. The summed E-state index contributed by atoms with van der Waals surface area (Å²) in [6, 6.07) is 7.00. The minimum atomic E-state index is -0.184. The third kappa shape index (κ3) is 3.09. The maximum absolute atomic E-state index is 13.1. The number of hydrogen-bond donors (Lipinski definition) is 1. The highest BCUT2D eigenvalue weighted by atomic mass is 19.1. The van der Waals surface area contributed by atoms with E-state index in [4.69, 9.17) is 4.74 Å². The van der Waals surface area contributed by atoms with E-state index in [2.05, 4.69) is 33.0 Å². The standard InChI is InChI=1S/C15H22FNO/c1-14(2)9-13(15(3,4)18-14)17-10-11-6-5-7-12(16)8-11/h5-8,13,17H,9-10H2,1-4H3. The van der Waals surface area contributed by atoms with Gasteiger partial charge in [-0.3, -0.25) is 0 Å². The van der Waals surface area contributed by atoms with Crippen molar-refractivity contribution in [3.05, 3.63) is 35.6 Å². The number of nitrogens with one attached hydrogen (secondary N) is 1. The van der Waals surface area contributed by atoms with Crippen molar-refractivity contribution in [2.24, 2.45) is 0 Å². The first-order valence-electron chi connectivity index (χ1n) is 6.46. The zero-order valence-electron chi connectivity index (χ0n) is 11.6. The van der Waals surface area contributed by atoms with Crippen LogP contribution in [0.25, 0.3) is 0 Å². The van der Waals surface area contributed by atoms with Gasteiger partial charge >= 0.3 is 0 Å². The average Bonchev–Trinajstić information content (AvgIpc) is 2.43. The molecule has 0 bridgehead atoms. The molecule has 0 saturated carbocycles. The van der Waals surface area contributed by atoms with Gasteiger partial charge in [-0.25, -0.2) is 4.39 Å². The Morgan fingerprint density at radius 1 is 1.33 bits per heavy atom. The van der Waals surface area contributed by atoms with Crippen LogP contribution in [0.4, 0.5) is 4.39 Å². The van der Waals surface area contributed by atoms with Crippen LogP contribution in [-0.4, -0.2) is 17.2 Å². The fourth-order valence-electron chi connectivity index (χ4n) is 2.77. The average molecular weight is 251 g/mol. The van der Waals surface area contributed by atoms with E-state index < -0.39 is 0 Å². The molecule has 0 aromatic heterocycles. The van der Waals surface area contributed by atoms with Crippen molar-refractivity contribution in [1.82, 2.24) is 5.32 Å². The molecule has 1 aromatic rings. The van der Waals surface area contributed by atoms with E-state index in [1.54, 1.807) is 12.1 Å². The van der Waals surface area contributed by atoms with Gasteiger partial charge in [-0.05, 0) is 51.8 Å². The van der Waals surface area contributed by atoms with Crippen LogP contribution in [0.1, 0.15) is 39.7 Å². The van der Waals surface area contributed by atoms with Crippen LogP contribution >= 0.6 is 0 Å². The number of halogens is 1. The Kier molecular flexibility index (Phi) is 3.47. The van der Waals surface area contributed by atoms with Crippen LogP contribution in [0.3, 0.4) is 0 Å². The first kappa shape index (κ1) is 13.5. The highest BCUT2D eigenvalue weighted by Gasteiger charge is 2.45. The van der Waals surface area contributed by atoms with E-state index in [-0.39, 0.29) is 23.1 Å². The molecule has 1 aliphatic rings. The van der Waals surface area contributed by atoms with Gasteiger partial charge in [0.1, 0.15) is 5.82 Å². The molecule has 1 aromatic carbocycles. The third-order valence-electron chi connectivity index (χ3n) is 3.52. The Balaban J connectivity index is 1.98. The molecule has 18 heavy (non-hydrogen) atoms. The predicted octanol–water partition coefficient (Wildman–Crippen LogP) is 3.26. The molecular formula is C15H22FNO. The summed E-state index contributed by atoms with van der Waals surface area (Å²) in [5.74, 6) is -0.184. The van der Waals surface area contributed by atoms with E-state index in [9.17, 15) is 4.39 Å². The van der Waals surface area contributed by atoms with E-state index >= 15 is 0 Å². The normalized spacial score (nSPS) is 25.3. The second-order valence-electron chi connectivity index (χ2n) is 6.23. The number of benzene rings is 1. The van der Waals surface area contributed by atoms with Gasteiger partial charge < -0.3 is 10.1 Å². The van der Waals surface area contributed by atoms with Gasteiger partial charge in [0.05, 0.1) is 11.2 Å². The molecule has 0 amide bonds. The fourth-order valence-corrected chi connectivity index (χ4v) is 2.77. The molecular weight excluding hydrogens is 229 g/mol. The Morgan fingerprint density at radius 3 is 2.61 bits per heavy atom. The van der Waals surface area contributed by atoms with Crippen molar-refractivity contribution in [2.75, 3.05) is 0 Å². The van der Waals surface area contributed by atoms with Crippen LogP contribution in [0, 0.1) is 5.82 Å². The van der Waals surface area contributed by atoms with Gasteiger partial charge in [-0.15, -0.1) is 0 Å². The summed E-state index contributed by atoms with van der Waals surface area (Å²) in [5, 5.41) is 3.48.